The number of hydrogen-bond acceptors (Lipinski definition) is 4. The van der Waals surface area contributed by atoms with Crippen LogP contribution in [0.2, 0.25) is 0 Å². The van der Waals surface area contributed by atoms with E-state index in [9.17, 15) is 32.8 Å². The maximum absolute atomic E-state index is 11.6. The van der Waals surface area contributed by atoms with E-state index < -0.39 is 38.5 Å². The Kier molecular flexibility index (Phi) is 21.1. The van der Waals surface area contributed by atoms with E-state index in [0.717, 1.165) is 25.7 Å². The molecule has 0 aromatic heterocycles. The van der Waals surface area contributed by atoms with Gasteiger partial charge in [0, 0.05) is 5.57 Å². The number of unbranched alkanes of at least 4 members (excludes halogenated alkanes) is 13. The number of carbonyl (C=O) groups is 2. The summed E-state index contributed by atoms with van der Waals surface area (Å²) in [6.07, 6.45) is 15.8. The van der Waals surface area contributed by atoms with Crippen molar-refractivity contribution in [3.63, 3.8) is 0 Å². The summed E-state index contributed by atoms with van der Waals surface area (Å²) in [5.74, 6) is -3.07. The first-order valence-corrected chi connectivity index (χ1v) is 13.3. The van der Waals surface area contributed by atoms with Gasteiger partial charge in [-0.25, -0.2) is 9.59 Å². The van der Waals surface area contributed by atoms with Gasteiger partial charge in [0.1, 0.15) is 5.25 Å². The van der Waals surface area contributed by atoms with Gasteiger partial charge in [-0.1, -0.05) is 97.3 Å². The average molecular weight is 487 g/mol. The van der Waals surface area contributed by atoms with E-state index in [4.69, 9.17) is 0 Å². The predicted octanol–water partition coefficient (Wildman–Crippen LogP) is 3.11. The van der Waals surface area contributed by atoms with Crippen LogP contribution in [0.5, 0.6) is 0 Å². The van der Waals surface area contributed by atoms with Gasteiger partial charge in [-0.05, 0) is 19.3 Å². The molecule has 0 radical (unpaired) electrons. The van der Waals surface area contributed by atoms with Gasteiger partial charge in [0.25, 0.3) is 10.1 Å². The summed E-state index contributed by atoms with van der Waals surface area (Å²) in [4.78, 5) is 23.1. The molecule has 0 saturated heterocycles. The zero-order valence-electron chi connectivity index (χ0n) is 21.3. The minimum atomic E-state index is -4.70. The summed E-state index contributed by atoms with van der Waals surface area (Å²) >= 11 is 0. The Labute approximate surface area is 218 Å². The van der Waals surface area contributed by atoms with E-state index in [2.05, 4.69) is 6.92 Å². The number of carboxylic acid groups (broad SMARTS) is 2. The molecule has 0 spiro atoms. The Bertz CT molecular complexity index is 666. The summed E-state index contributed by atoms with van der Waals surface area (Å²) < 4.78 is 32.3. The maximum atomic E-state index is 11.6. The van der Waals surface area contributed by atoms with Gasteiger partial charge in [0.05, 0.1) is 5.57 Å². The van der Waals surface area contributed by atoms with Gasteiger partial charge in [-0.15, -0.1) is 0 Å². The number of hydrogen-bond donors (Lipinski definition) is 3. The molecule has 184 valence electrons. The van der Waals surface area contributed by atoms with Gasteiger partial charge in [-0.3, -0.25) is 4.55 Å². The zero-order chi connectivity index (χ0) is 23.7. The van der Waals surface area contributed by atoms with Crippen LogP contribution in [0.1, 0.15) is 118 Å². The van der Waals surface area contributed by atoms with Crippen molar-refractivity contribution in [2.45, 2.75) is 122 Å². The minimum Gasteiger partial charge on any atom is -1.00 e. The topological polar surface area (TPSA) is 129 Å². The molecule has 3 N–H and O–H groups in total. The molecule has 1 atom stereocenters. The van der Waals surface area contributed by atoms with Crippen LogP contribution < -0.4 is 29.6 Å². The second-order valence-corrected chi connectivity index (χ2v) is 9.86. The molecule has 0 heterocycles. The van der Waals surface area contributed by atoms with Crippen molar-refractivity contribution in [1.29, 1.82) is 0 Å². The third kappa shape index (κ3) is 15.4. The van der Waals surface area contributed by atoms with Crippen molar-refractivity contribution in [2.75, 3.05) is 0 Å². The Morgan fingerprint density at radius 2 is 1.09 bits per heavy atom. The minimum absolute atomic E-state index is 0. The molecule has 0 amide bonds. The average Bonchev–Trinajstić information content (AvgIpc) is 2.68. The fourth-order valence-electron chi connectivity index (χ4n) is 3.88. The van der Waals surface area contributed by atoms with E-state index in [0.29, 0.717) is 6.42 Å². The predicted molar refractivity (Wildman–Crippen MR) is 124 cm³/mol. The quantitative estimate of drug-likeness (QED) is 0.104. The SMILES string of the molecule is CCCCCCCCCCCCCCCCC(C(=O)O)=C(C(=O)O)C(CC)S(=O)(=O)O.[H-].[Na+]. The molecule has 0 bridgehead atoms. The standard InChI is InChI=1S/C23H42O7S.Na.H/c1-3-5-6-7-8-9-10-11-12-13-14-15-16-17-18-19(22(24)25)21(23(26)27)20(4-2)31(28,29)30;;/h20H,3-18H2,1-2H3,(H,24,25)(H,26,27)(H,28,29,30);;/q;+1;-1. The number of aliphatic carboxylic acids is 2. The zero-order valence-corrected chi connectivity index (χ0v) is 23.1. The van der Waals surface area contributed by atoms with E-state index in [-0.39, 0.29) is 43.8 Å². The molecular formula is C23H43NaO7S. The molecule has 0 aliphatic carbocycles. The van der Waals surface area contributed by atoms with E-state index in [1.165, 1.54) is 64.7 Å². The molecule has 32 heavy (non-hydrogen) atoms. The van der Waals surface area contributed by atoms with Gasteiger partial charge in [0.2, 0.25) is 0 Å². The summed E-state index contributed by atoms with van der Waals surface area (Å²) in [6, 6.07) is 0. The van der Waals surface area contributed by atoms with Crippen LogP contribution in [0.15, 0.2) is 11.1 Å². The second kappa shape index (κ2) is 20.0. The monoisotopic (exact) mass is 486 g/mol. The van der Waals surface area contributed by atoms with Gasteiger partial charge in [-0.2, -0.15) is 8.42 Å². The summed E-state index contributed by atoms with van der Waals surface area (Å²) in [5.41, 5.74) is -1.16. The Balaban J connectivity index is -0.00000450. The molecule has 0 rings (SSSR count). The Morgan fingerprint density at radius 3 is 1.38 bits per heavy atom. The second-order valence-electron chi connectivity index (χ2n) is 8.26. The Morgan fingerprint density at radius 1 is 0.719 bits per heavy atom. The third-order valence-corrected chi connectivity index (χ3v) is 6.93. The van der Waals surface area contributed by atoms with Crippen LogP contribution in [-0.4, -0.2) is 40.4 Å². The van der Waals surface area contributed by atoms with Crippen LogP contribution in [-0.2, 0) is 19.7 Å². The van der Waals surface area contributed by atoms with Crippen LogP contribution in [0.25, 0.3) is 0 Å². The molecule has 1 unspecified atom stereocenters. The van der Waals surface area contributed by atoms with Crippen LogP contribution >= 0.6 is 0 Å². The van der Waals surface area contributed by atoms with Crippen molar-refractivity contribution in [3.05, 3.63) is 11.1 Å². The van der Waals surface area contributed by atoms with E-state index >= 15 is 0 Å². The number of rotatable bonds is 20. The molecule has 7 nitrogen and oxygen atoms in total. The summed E-state index contributed by atoms with van der Waals surface area (Å²) in [5, 5.41) is 17.1. The fourth-order valence-corrected chi connectivity index (χ4v) is 4.84. The molecule has 0 aromatic rings. The number of carboxylic acids is 2. The molecule has 0 fully saturated rings. The normalized spacial score (nSPS) is 13.2. The van der Waals surface area contributed by atoms with Gasteiger partial charge >= 0.3 is 41.5 Å². The van der Waals surface area contributed by atoms with E-state index in [1.807, 2.05) is 0 Å². The maximum Gasteiger partial charge on any atom is 1.00 e. The van der Waals surface area contributed by atoms with Crippen molar-refractivity contribution in [1.82, 2.24) is 0 Å². The fraction of sp³-hybridized carbons (Fsp3) is 0.826. The van der Waals surface area contributed by atoms with Crippen LogP contribution in [0.3, 0.4) is 0 Å². The third-order valence-electron chi connectivity index (χ3n) is 5.65. The van der Waals surface area contributed by atoms with Crippen LogP contribution in [0, 0.1) is 0 Å². The van der Waals surface area contributed by atoms with Crippen LogP contribution in [0.4, 0.5) is 0 Å². The van der Waals surface area contributed by atoms with Crippen molar-refractivity contribution < 1.29 is 63.8 Å². The van der Waals surface area contributed by atoms with Crippen molar-refractivity contribution in [3.8, 4) is 0 Å². The summed E-state index contributed by atoms with van der Waals surface area (Å²) in [7, 11) is -4.70. The first-order chi connectivity index (χ1) is 14.7. The van der Waals surface area contributed by atoms with Crippen molar-refractivity contribution >= 4 is 22.1 Å². The van der Waals surface area contributed by atoms with Crippen molar-refractivity contribution in [2.24, 2.45) is 0 Å². The summed E-state index contributed by atoms with van der Waals surface area (Å²) in [6.45, 7) is 3.62. The van der Waals surface area contributed by atoms with Gasteiger partial charge < -0.3 is 11.6 Å². The molecule has 0 aliphatic rings. The molecular weight excluding hydrogens is 443 g/mol. The molecule has 0 aliphatic heterocycles. The molecule has 0 aromatic carbocycles. The first kappa shape index (κ1) is 33.8. The molecule has 9 heteroatoms. The van der Waals surface area contributed by atoms with Gasteiger partial charge in [0.15, 0.2) is 0 Å². The smallest absolute Gasteiger partial charge is 1.00 e. The largest absolute Gasteiger partial charge is 1.00 e. The van der Waals surface area contributed by atoms with E-state index in [1.54, 1.807) is 0 Å². The molecule has 0 saturated carbocycles. The first-order valence-electron chi connectivity index (χ1n) is 11.8. The Hall–Kier alpha value is -0.410.